The van der Waals surface area contributed by atoms with Gasteiger partial charge in [0.05, 0.1) is 5.56 Å². The Balaban J connectivity index is 2.07. The van der Waals surface area contributed by atoms with Crippen molar-refractivity contribution in [1.29, 1.82) is 0 Å². The third-order valence-electron chi connectivity index (χ3n) is 3.54. The fraction of sp³-hybridized carbons (Fsp3) is 0.571. The zero-order chi connectivity index (χ0) is 13.0. The molecule has 4 heteroatoms. The molecule has 0 bridgehead atoms. The molecule has 1 aliphatic heterocycles. The van der Waals surface area contributed by atoms with E-state index in [1.807, 2.05) is 24.9 Å². The van der Waals surface area contributed by atoms with Crippen LogP contribution in [0.15, 0.2) is 18.5 Å². The molecule has 1 amide bonds. The monoisotopic (exact) mass is 247 g/mol. The van der Waals surface area contributed by atoms with E-state index in [4.69, 9.17) is 0 Å². The van der Waals surface area contributed by atoms with Crippen LogP contribution in [-0.4, -0.2) is 42.0 Å². The van der Waals surface area contributed by atoms with Gasteiger partial charge in [-0.15, -0.1) is 0 Å². The van der Waals surface area contributed by atoms with E-state index in [9.17, 15) is 4.79 Å². The minimum atomic E-state index is 0.0816. The Morgan fingerprint density at radius 1 is 1.39 bits per heavy atom. The van der Waals surface area contributed by atoms with Gasteiger partial charge in [-0.25, -0.2) is 0 Å². The lowest BCUT2D eigenvalue weighted by molar-refractivity contribution is 0.0720. The molecule has 1 aliphatic rings. The Kier molecular flexibility index (Phi) is 4.31. The SMILES string of the molecule is Cc1cncc(C(=O)N(C)C2CCCNCC2)c1. The molecule has 98 valence electrons. The van der Waals surface area contributed by atoms with Crippen LogP contribution in [0.1, 0.15) is 35.2 Å². The Labute approximate surface area is 108 Å². The van der Waals surface area contributed by atoms with Crippen molar-refractivity contribution in [2.45, 2.75) is 32.2 Å². The molecule has 0 aliphatic carbocycles. The maximum absolute atomic E-state index is 12.4. The van der Waals surface area contributed by atoms with Crippen molar-refractivity contribution in [2.24, 2.45) is 0 Å². The average molecular weight is 247 g/mol. The summed E-state index contributed by atoms with van der Waals surface area (Å²) >= 11 is 0. The van der Waals surface area contributed by atoms with Gasteiger partial charge >= 0.3 is 0 Å². The van der Waals surface area contributed by atoms with Crippen molar-refractivity contribution in [3.8, 4) is 0 Å². The van der Waals surface area contributed by atoms with Gasteiger partial charge < -0.3 is 10.2 Å². The van der Waals surface area contributed by atoms with E-state index in [0.717, 1.165) is 37.9 Å². The molecule has 0 aromatic carbocycles. The third-order valence-corrected chi connectivity index (χ3v) is 3.54. The zero-order valence-electron chi connectivity index (χ0n) is 11.1. The van der Waals surface area contributed by atoms with Gasteiger partial charge in [0, 0.05) is 25.5 Å². The van der Waals surface area contributed by atoms with Crippen molar-refractivity contribution < 1.29 is 4.79 Å². The van der Waals surface area contributed by atoms with E-state index >= 15 is 0 Å². The van der Waals surface area contributed by atoms with Gasteiger partial charge in [-0.3, -0.25) is 9.78 Å². The minimum absolute atomic E-state index is 0.0816. The van der Waals surface area contributed by atoms with Crippen LogP contribution < -0.4 is 5.32 Å². The predicted octanol–water partition coefficient (Wildman–Crippen LogP) is 1.60. The first-order valence-corrected chi connectivity index (χ1v) is 6.58. The van der Waals surface area contributed by atoms with Gasteiger partial charge in [0.25, 0.3) is 5.91 Å². The first-order chi connectivity index (χ1) is 8.68. The molecular formula is C14H21N3O. The van der Waals surface area contributed by atoms with Crippen LogP contribution >= 0.6 is 0 Å². The normalized spacial score (nSPS) is 20.2. The molecule has 1 atom stereocenters. The van der Waals surface area contributed by atoms with Crippen molar-refractivity contribution in [3.05, 3.63) is 29.6 Å². The Morgan fingerprint density at radius 2 is 2.22 bits per heavy atom. The van der Waals surface area contributed by atoms with E-state index in [0.29, 0.717) is 11.6 Å². The molecule has 1 N–H and O–H groups in total. The predicted molar refractivity (Wildman–Crippen MR) is 71.6 cm³/mol. The van der Waals surface area contributed by atoms with Crippen LogP contribution in [-0.2, 0) is 0 Å². The molecule has 0 spiro atoms. The summed E-state index contributed by atoms with van der Waals surface area (Å²) in [5, 5.41) is 3.37. The number of aryl methyl sites for hydroxylation is 1. The highest BCUT2D eigenvalue weighted by molar-refractivity contribution is 5.94. The number of hydrogen-bond donors (Lipinski definition) is 1. The lowest BCUT2D eigenvalue weighted by Gasteiger charge is -2.27. The maximum atomic E-state index is 12.4. The number of aromatic nitrogens is 1. The average Bonchev–Trinajstić information content (AvgIpc) is 2.66. The minimum Gasteiger partial charge on any atom is -0.339 e. The van der Waals surface area contributed by atoms with Crippen molar-refractivity contribution in [3.63, 3.8) is 0 Å². The topological polar surface area (TPSA) is 45.2 Å². The first kappa shape index (κ1) is 13.0. The summed E-state index contributed by atoms with van der Waals surface area (Å²) in [4.78, 5) is 18.3. The molecule has 4 nitrogen and oxygen atoms in total. The number of nitrogens with one attached hydrogen (secondary N) is 1. The van der Waals surface area contributed by atoms with Crippen LogP contribution in [0.2, 0.25) is 0 Å². The third kappa shape index (κ3) is 3.07. The van der Waals surface area contributed by atoms with Gasteiger partial charge in [0.15, 0.2) is 0 Å². The lowest BCUT2D eigenvalue weighted by Crippen LogP contribution is -2.37. The Morgan fingerprint density at radius 3 is 3.00 bits per heavy atom. The molecule has 0 radical (unpaired) electrons. The Bertz CT molecular complexity index is 411. The zero-order valence-corrected chi connectivity index (χ0v) is 11.1. The molecule has 2 rings (SSSR count). The lowest BCUT2D eigenvalue weighted by atomic mass is 10.1. The van der Waals surface area contributed by atoms with Gasteiger partial charge in [0.1, 0.15) is 0 Å². The van der Waals surface area contributed by atoms with Crippen LogP contribution in [0.3, 0.4) is 0 Å². The molecule has 1 saturated heterocycles. The van der Waals surface area contributed by atoms with Crippen molar-refractivity contribution in [2.75, 3.05) is 20.1 Å². The highest BCUT2D eigenvalue weighted by Gasteiger charge is 2.22. The number of amides is 1. The summed E-state index contributed by atoms with van der Waals surface area (Å²) in [5.74, 6) is 0.0816. The second-order valence-electron chi connectivity index (χ2n) is 5.00. The van der Waals surface area contributed by atoms with Crippen LogP contribution in [0.4, 0.5) is 0 Å². The van der Waals surface area contributed by atoms with Gasteiger partial charge in [-0.1, -0.05) is 0 Å². The number of hydrogen-bond acceptors (Lipinski definition) is 3. The standard InChI is InChI=1S/C14H21N3O/c1-11-8-12(10-16-9-11)14(18)17(2)13-4-3-6-15-7-5-13/h8-10,13,15H,3-7H2,1-2H3. The van der Waals surface area contributed by atoms with Gasteiger partial charge in [-0.05, 0) is 50.9 Å². The van der Waals surface area contributed by atoms with Crippen LogP contribution in [0.5, 0.6) is 0 Å². The summed E-state index contributed by atoms with van der Waals surface area (Å²) in [5.41, 5.74) is 1.71. The number of pyridine rings is 1. The fourth-order valence-electron chi connectivity index (χ4n) is 2.43. The molecule has 1 aromatic rings. The smallest absolute Gasteiger partial charge is 0.255 e. The number of rotatable bonds is 2. The second-order valence-corrected chi connectivity index (χ2v) is 5.00. The highest BCUT2D eigenvalue weighted by atomic mass is 16.2. The number of carbonyl (C=O) groups excluding carboxylic acids is 1. The molecule has 18 heavy (non-hydrogen) atoms. The van der Waals surface area contributed by atoms with Crippen molar-refractivity contribution >= 4 is 5.91 Å². The molecule has 0 saturated carbocycles. The summed E-state index contributed by atoms with van der Waals surface area (Å²) in [7, 11) is 1.90. The molecule has 1 unspecified atom stereocenters. The molecule has 2 heterocycles. The maximum Gasteiger partial charge on any atom is 0.255 e. The van der Waals surface area contributed by atoms with Crippen LogP contribution in [0, 0.1) is 6.92 Å². The van der Waals surface area contributed by atoms with E-state index < -0.39 is 0 Å². The quantitative estimate of drug-likeness (QED) is 0.863. The van der Waals surface area contributed by atoms with Gasteiger partial charge in [0.2, 0.25) is 0 Å². The Hall–Kier alpha value is -1.42. The van der Waals surface area contributed by atoms with E-state index in [-0.39, 0.29) is 5.91 Å². The first-order valence-electron chi connectivity index (χ1n) is 6.58. The largest absolute Gasteiger partial charge is 0.339 e. The number of carbonyl (C=O) groups is 1. The molecule has 1 aromatic heterocycles. The van der Waals surface area contributed by atoms with E-state index in [1.165, 1.54) is 0 Å². The number of nitrogens with zero attached hydrogens (tertiary/aromatic N) is 2. The summed E-state index contributed by atoms with van der Waals surface area (Å²) in [6.07, 6.45) is 6.66. The summed E-state index contributed by atoms with van der Waals surface area (Å²) in [6.45, 7) is 4.01. The second kappa shape index (κ2) is 5.96. The summed E-state index contributed by atoms with van der Waals surface area (Å²) in [6, 6.07) is 2.24. The van der Waals surface area contributed by atoms with E-state index in [1.54, 1.807) is 12.4 Å². The summed E-state index contributed by atoms with van der Waals surface area (Å²) < 4.78 is 0. The van der Waals surface area contributed by atoms with Gasteiger partial charge in [-0.2, -0.15) is 0 Å². The fourth-order valence-corrected chi connectivity index (χ4v) is 2.43. The molecule has 1 fully saturated rings. The van der Waals surface area contributed by atoms with Crippen molar-refractivity contribution in [1.82, 2.24) is 15.2 Å². The molecular weight excluding hydrogens is 226 g/mol. The van der Waals surface area contributed by atoms with E-state index in [2.05, 4.69) is 10.3 Å². The van der Waals surface area contributed by atoms with Crippen LogP contribution in [0.25, 0.3) is 0 Å². The highest BCUT2D eigenvalue weighted by Crippen LogP contribution is 2.15.